The van der Waals surface area contributed by atoms with Crippen molar-refractivity contribution in [2.24, 2.45) is 0 Å². The maximum Gasteiger partial charge on any atom is 0.401 e. The van der Waals surface area contributed by atoms with E-state index in [-0.39, 0.29) is 12.1 Å². The molecule has 0 radical (unpaired) electrons. The molecule has 1 N–H and O–H groups in total. The van der Waals surface area contributed by atoms with Gasteiger partial charge in [0.15, 0.2) is 0 Å². The van der Waals surface area contributed by atoms with Gasteiger partial charge in [0.05, 0.1) is 6.54 Å². The lowest BCUT2D eigenvalue weighted by molar-refractivity contribution is -0.154. The first-order valence-electron chi connectivity index (χ1n) is 6.00. The standard InChI is InChI=1S/C11H21F3N2/c1-3-5-9-7-16(8-11(12,13)14)10(4-2)6-15-9/h9-10,15H,3-8H2,1-2H3. The number of piperazine rings is 1. The van der Waals surface area contributed by atoms with Crippen molar-refractivity contribution in [3.05, 3.63) is 0 Å². The predicted molar refractivity (Wildman–Crippen MR) is 58.4 cm³/mol. The highest BCUT2D eigenvalue weighted by molar-refractivity contribution is 4.86. The molecule has 1 rings (SSSR count). The van der Waals surface area contributed by atoms with E-state index in [0.29, 0.717) is 13.1 Å². The van der Waals surface area contributed by atoms with E-state index in [1.807, 2.05) is 6.92 Å². The topological polar surface area (TPSA) is 15.3 Å². The molecule has 0 aromatic rings. The second kappa shape index (κ2) is 5.87. The predicted octanol–water partition coefficient (Wildman–Crippen LogP) is 2.40. The fourth-order valence-corrected chi connectivity index (χ4v) is 2.30. The van der Waals surface area contributed by atoms with E-state index in [1.165, 1.54) is 0 Å². The van der Waals surface area contributed by atoms with Crippen LogP contribution < -0.4 is 5.32 Å². The maximum atomic E-state index is 12.4. The minimum atomic E-state index is -4.08. The summed E-state index contributed by atoms with van der Waals surface area (Å²) in [7, 11) is 0. The summed E-state index contributed by atoms with van der Waals surface area (Å²) >= 11 is 0. The van der Waals surface area contributed by atoms with Gasteiger partial charge in [-0.05, 0) is 12.8 Å². The van der Waals surface area contributed by atoms with Gasteiger partial charge in [-0.1, -0.05) is 20.3 Å². The lowest BCUT2D eigenvalue weighted by atomic mass is 10.0. The summed E-state index contributed by atoms with van der Waals surface area (Å²) < 4.78 is 37.2. The molecule has 0 aliphatic carbocycles. The number of nitrogens with zero attached hydrogens (tertiary/aromatic N) is 1. The Morgan fingerprint density at radius 3 is 2.50 bits per heavy atom. The quantitative estimate of drug-likeness (QED) is 0.809. The number of nitrogens with one attached hydrogen (secondary N) is 1. The Hall–Kier alpha value is -0.290. The van der Waals surface area contributed by atoms with Gasteiger partial charge >= 0.3 is 6.18 Å². The summed E-state index contributed by atoms with van der Waals surface area (Å²) in [5.74, 6) is 0. The van der Waals surface area contributed by atoms with E-state index < -0.39 is 12.7 Å². The number of hydrogen-bond acceptors (Lipinski definition) is 2. The van der Waals surface area contributed by atoms with Gasteiger partial charge in [-0.2, -0.15) is 13.2 Å². The van der Waals surface area contributed by atoms with E-state index in [1.54, 1.807) is 4.90 Å². The Kier molecular flexibility index (Phi) is 5.05. The van der Waals surface area contributed by atoms with Crippen molar-refractivity contribution in [1.29, 1.82) is 0 Å². The van der Waals surface area contributed by atoms with Crippen LogP contribution in [0.4, 0.5) is 13.2 Å². The van der Waals surface area contributed by atoms with Crippen molar-refractivity contribution in [2.75, 3.05) is 19.6 Å². The molecule has 0 aromatic heterocycles. The van der Waals surface area contributed by atoms with Crippen molar-refractivity contribution in [2.45, 2.75) is 51.4 Å². The van der Waals surface area contributed by atoms with Crippen LogP contribution in [0.5, 0.6) is 0 Å². The Morgan fingerprint density at radius 2 is 2.00 bits per heavy atom. The van der Waals surface area contributed by atoms with Gasteiger partial charge in [-0.25, -0.2) is 0 Å². The summed E-state index contributed by atoms with van der Waals surface area (Å²) in [5.41, 5.74) is 0. The Labute approximate surface area is 95.2 Å². The molecule has 0 spiro atoms. The largest absolute Gasteiger partial charge is 0.401 e. The zero-order chi connectivity index (χ0) is 12.2. The molecule has 1 fully saturated rings. The van der Waals surface area contributed by atoms with Crippen molar-refractivity contribution >= 4 is 0 Å². The normalized spacial score (nSPS) is 28.3. The molecular formula is C11H21F3N2. The molecule has 1 aliphatic rings. The first kappa shape index (κ1) is 13.8. The summed E-state index contributed by atoms with van der Waals surface area (Å²) in [6.07, 6.45) is -1.36. The minimum absolute atomic E-state index is 0.0229. The second-order valence-electron chi connectivity index (χ2n) is 4.50. The van der Waals surface area contributed by atoms with Gasteiger partial charge in [0.1, 0.15) is 0 Å². The van der Waals surface area contributed by atoms with Crippen molar-refractivity contribution in [3.63, 3.8) is 0 Å². The molecule has 5 heteroatoms. The fraction of sp³-hybridized carbons (Fsp3) is 1.00. The summed E-state index contributed by atoms with van der Waals surface area (Å²) in [5, 5.41) is 3.33. The molecule has 96 valence electrons. The van der Waals surface area contributed by atoms with Crippen LogP contribution in [0.1, 0.15) is 33.1 Å². The average Bonchev–Trinajstić information content (AvgIpc) is 2.16. The molecule has 0 amide bonds. The number of rotatable bonds is 4. The molecule has 0 saturated carbocycles. The van der Waals surface area contributed by atoms with Crippen LogP contribution in [0.25, 0.3) is 0 Å². The van der Waals surface area contributed by atoms with E-state index >= 15 is 0 Å². The van der Waals surface area contributed by atoms with Gasteiger partial charge in [0.25, 0.3) is 0 Å². The molecule has 1 saturated heterocycles. The van der Waals surface area contributed by atoms with Crippen LogP contribution in [0.3, 0.4) is 0 Å². The highest BCUT2D eigenvalue weighted by atomic mass is 19.4. The fourth-order valence-electron chi connectivity index (χ4n) is 2.30. The molecule has 0 bridgehead atoms. The average molecular weight is 238 g/mol. The van der Waals surface area contributed by atoms with E-state index in [9.17, 15) is 13.2 Å². The van der Waals surface area contributed by atoms with Crippen LogP contribution in [0, 0.1) is 0 Å². The zero-order valence-electron chi connectivity index (χ0n) is 9.98. The second-order valence-corrected chi connectivity index (χ2v) is 4.50. The molecule has 2 unspecified atom stereocenters. The van der Waals surface area contributed by atoms with Gasteiger partial charge in [-0.3, -0.25) is 4.90 Å². The van der Waals surface area contributed by atoms with Gasteiger partial charge in [0, 0.05) is 25.2 Å². The molecule has 2 nitrogen and oxygen atoms in total. The highest BCUT2D eigenvalue weighted by Crippen LogP contribution is 2.21. The Balaban J connectivity index is 2.53. The first-order chi connectivity index (χ1) is 7.46. The third-order valence-electron chi connectivity index (χ3n) is 3.10. The van der Waals surface area contributed by atoms with Crippen LogP contribution >= 0.6 is 0 Å². The highest BCUT2D eigenvalue weighted by Gasteiger charge is 2.36. The monoisotopic (exact) mass is 238 g/mol. The number of alkyl halides is 3. The SMILES string of the molecule is CCCC1CN(CC(F)(F)F)C(CC)CN1. The maximum absolute atomic E-state index is 12.4. The van der Waals surface area contributed by atoms with Crippen LogP contribution in [0.15, 0.2) is 0 Å². The molecule has 1 aliphatic heterocycles. The third kappa shape index (κ3) is 4.29. The van der Waals surface area contributed by atoms with Gasteiger partial charge in [-0.15, -0.1) is 0 Å². The molecule has 16 heavy (non-hydrogen) atoms. The van der Waals surface area contributed by atoms with E-state index in [2.05, 4.69) is 12.2 Å². The third-order valence-corrected chi connectivity index (χ3v) is 3.10. The number of hydrogen-bond donors (Lipinski definition) is 1. The molecule has 1 heterocycles. The van der Waals surface area contributed by atoms with Crippen molar-refractivity contribution in [3.8, 4) is 0 Å². The molecule has 0 aromatic carbocycles. The van der Waals surface area contributed by atoms with E-state index in [4.69, 9.17) is 0 Å². The smallest absolute Gasteiger partial charge is 0.311 e. The van der Waals surface area contributed by atoms with Crippen LogP contribution in [0.2, 0.25) is 0 Å². The first-order valence-corrected chi connectivity index (χ1v) is 6.00. The Bertz CT molecular complexity index is 206. The summed E-state index contributed by atoms with van der Waals surface area (Å²) in [6.45, 7) is 4.42. The lowest BCUT2D eigenvalue weighted by Gasteiger charge is -2.40. The van der Waals surface area contributed by atoms with Crippen molar-refractivity contribution < 1.29 is 13.2 Å². The lowest BCUT2D eigenvalue weighted by Crippen LogP contribution is -2.58. The summed E-state index contributed by atoms with van der Waals surface area (Å²) in [6, 6.07) is 0.241. The molecule has 2 atom stereocenters. The zero-order valence-corrected chi connectivity index (χ0v) is 9.98. The number of halogens is 3. The summed E-state index contributed by atoms with van der Waals surface area (Å²) in [4.78, 5) is 1.58. The van der Waals surface area contributed by atoms with E-state index in [0.717, 1.165) is 19.3 Å². The molecular weight excluding hydrogens is 217 g/mol. The Morgan fingerprint density at radius 1 is 1.31 bits per heavy atom. The van der Waals surface area contributed by atoms with Crippen molar-refractivity contribution in [1.82, 2.24) is 10.2 Å². The minimum Gasteiger partial charge on any atom is -0.311 e. The van der Waals surface area contributed by atoms with Gasteiger partial charge in [0.2, 0.25) is 0 Å². The van der Waals surface area contributed by atoms with Crippen LogP contribution in [-0.2, 0) is 0 Å². The van der Waals surface area contributed by atoms with Gasteiger partial charge < -0.3 is 5.32 Å². The van der Waals surface area contributed by atoms with Crippen LogP contribution in [-0.4, -0.2) is 42.8 Å².